The quantitative estimate of drug-likeness (QED) is 0.824. The first kappa shape index (κ1) is 12.1. The maximum Gasteiger partial charge on any atom is 0.0509 e. The molecule has 1 aromatic rings. The highest BCUT2D eigenvalue weighted by atomic mass is 32.1. The molecule has 0 spiro atoms. The molecule has 2 rings (SSSR count). The molecule has 2 nitrogen and oxygen atoms in total. The van der Waals surface area contributed by atoms with E-state index in [0.29, 0.717) is 6.04 Å². The second-order valence-electron chi connectivity index (χ2n) is 4.42. The minimum Gasteiger partial charge on any atom is -0.381 e. The molecule has 0 amide bonds. The number of nitrogens with one attached hydrogen (secondary N) is 1. The fourth-order valence-corrected chi connectivity index (χ4v) is 3.06. The van der Waals surface area contributed by atoms with Crippen molar-refractivity contribution in [1.82, 2.24) is 5.32 Å². The van der Waals surface area contributed by atoms with Crippen LogP contribution in [0.25, 0.3) is 0 Å². The van der Waals surface area contributed by atoms with E-state index in [2.05, 4.69) is 29.8 Å². The zero-order valence-corrected chi connectivity index (χ0v) is 10.8. The van der Waals surface area contributed by atoms with Crippen LogP contribution in [0.3, 0.4) is 0 Å². The van der Waals surface area contributed by atoms with Crippen molar-refractivity contribution in [2.75, 3.05) is 19.8 Å². The van der Waals surface area contributed by atoms with E-state index in [4.69, 9.17) is 4.74 Å². The second-order valence-corrected chi connectivity index (χ2v) is 5.45. The lowest BCUT2D eigenvalue weighted by molar-refractivity contribution is 0.176. The largest absolute Gasteiger partial charge is 0.381 e. The van der Waals surface area contributed by atoms with Gasteiger partial charge in [0.15, 0.2) is 0 Å². The Morgan fingerprint density at radius 1 is 1.62 bits per heavy atom. The van der Waals surface area contributed by atoms with E-state index in [0.717, 1.165) is 32.1 Å². The van der Waals surface area contributed by atoms with Crippen molar-refractivity contribution >= 4 is 11.3 Å². The fraction of sp³-hybridized carbons (Fsp3) is 0.692. The summed E-state index contributed by atoms with van der Waals surface area (Å²) in [6.45, 7) is 5.26. The standard InChI is InChI=1S/C13H21NOS/c1-2-13(11-6-8-15-10-11)14-7-5-12-4-3-9-16-12/h3-4,9,11,13-14H,2,5-8,10H2,1H3. The summed E-state index contributed by atoms with van der Waals surface area (Å²) in [5, 5.41) is 5.83. The van der Waals surface area contributed by atoms with Crippen LogP contribution >= 0.6 is 11.3 Å². The average Bonchev–Trinajstić information content (AvgIpc) is 2.96. The highest BCUT2D eigenvalue weighted by Gasteiger charge is 2.23. The van der Waals surface area contributed by atoms with Gasteiger partial charge in [-0.25, -0.2) is 0 Å². The van der Waals surface area contributed by atoms with Crippen molar-refractivity contribution in [3.05, 3.63) is 22.4 Å². The monoisotopic (exact) mass is 239 g/mol. The van der Waals surface area contributed by atoms with Crippen LogP contribution < -0.4 is 5.32 Å². The van der Waals surface area contributed by atoms with E-state index >= 15 is 0 Å². The van der Waals surface area contributed by atoms with Crippen LogP contribution in [0.5, 0.6) is 0 Å². The zero-order chi connectivity index (χ0) is 11.2. The SMILES string of the molecule is CCC(NCCc1cccs1)C1CCOC1. The summed E-state index contributed by atoms with van der Waals surface area (Å²) >= 11 is 1.85. The summed E-state index contributed by atoms with van der Waals surface area (Å²) in [5.41, 5.74) is 0. The van der Waals surface area contributed by atoms with Crippen LogP contribution in [0.15, 0.2) is 17.5 Å². The van der Waals surface area contributed by atoms with E-state index in [1.54, 1.807) is 0 Å². The highest BCUT2D eigenvalue weighted by Crippen LogP contribution is 2.19. The molecule has 1 saturated heterocycles. The van der Waals surface area contributed by atoms with Crippen LogP contribution in [-0.4, -0.2) is 25.8 Å². The number of hydrogen-bond acceptors (Lipinski definition) is 3. The first-order valence-corrected chi connectivity index (χ1v) is 7.11. The molecule has 1 aliphatic heterocycles. The maximum atomic E-state index is 5.45. The van der Waals surface area contributed by atoms with Crippen LogP contribution in [0, 0.1) is 5.92 Å². The van der Waals surface area contributed by atoms with E-state index in [1.165, 1.54) is 17.7 Å². The molecule has 0 aliphatic carbocycles. The molecule has 1 aromatic heterocycles. The predicted octanol–water partition coefficient (Wildman–Crippen LogP) is 2.70. The van der Waals surface area contributed by atoms with Gasteiger partial charge in [-0.1, -0.05) is 13.0 Å². The van der Waals surface area contributed by atoms with Gasteiger partial charge in [0, 0.05) is 24.1 Å². The van der Waals surface area contributed by atoms with Crippen LogP contribution in [0.2, 0.25) is 0 Å². The Morgan fingerprint density at radius 3 is 3.19 bits per heavy atom. The first-order valence-electron chi connectivity index (χ1n) is 6.23. The summed E-state index contributed by atoms with van der Waals surface area (Å²) < 4.78 is 5.45. The van der Waals surface area contributed by atoms with Crippen molar-refractivity contribution in [3.63, 3.8) is 0 Å². The summed E-state index contributed by atoms with van der Waals surface area (Å²) in [5.74, 6) is 0.730. The van der Waals surface area contributed by atoms with Crippen LogP contribution in [0.1, 0.15) is 24.6 Å². The lowest BCUT2D eigenvalue weighted by Crippen LogP contribution is -2.37. The second kappa shape index (κ2) is 6.38. The Balaban J connectivity index is 1.70. The first-order chi connectivity index (χ1) is 7.90. The van der Waals surface area contributed by atoms with E-state index in [1.807, 2.05) is 11.3 Å². The molecule has 0 radical (unpaired) electrons. The van der Waals surface area contributed by atoms with Gasteiger partial charge in [0.2, 0.25) is 0 Å². The number of thiophene rings is 1. The van der Waals surface area contributed by atoms with Gasteiger partial charge in [0.1, 0.15) is 0 Å². The van der Waals surface area contributed by atoms with Crippen molar-refractivity contribution in [2.24, 2.45) is 5.92 Å². The molecule has 2 heterocycles. The molecule has 0 aromatic carbocycles. The zero-order valence-electron chi connectivity index (χ0n) is 9.95. The summed E-state index contributed by atoms with van der Waals surface area (Å²) in [7, 11) is 0. The van der Waals surface area contributed by atoms with Gasteiger partial charge in [-0.3, -0.25) is 0 Å². The molecule has 3 heteroatoms. The third-order valence-corrected chi connectivity index (χ3v) is 4.27. The molecule has 0 saturated carbocycles. The van der Waals surface area contributed by atoms with E-state index < -0.39 is 0 Å². The fourth-order valence-electron chi connectivity index (χ4n) is 2.35. The summed E-state index contributed by atoms with van der Waals surface area (Å²) in [6, 6.07) is 4.98. The number of rotatable bonds is 6. The third kappa shape index (κ3) is 3.30. The maximum absolute atomic E-state index is 5.45. The molecule has 1 fully saturated rings. The van der Waals surface area contributed by atoms with E-state index in [9.17, 15) is 0 Å². The Morgan fingerprint density at radius 2 is 2.56 bits per heavy atom. The third-order valence-electron chi connectivity index (χ3n) is 3.33. The highest BCUT2D eigenvalue weighted by molar-refractivity contribution is 7.09. The van der Waals surface area contributed by atoms with Crippen molar-refractivity contribution in [3.8, 4) is 0 Å². The molecule has 0 bridgehead atoms. The smallest absolute Gasteiger partial charge is 0.0509 e. The molecule has 90 valence electrons. The minimum absolute atomic E-state index is 0.641. The van der Waals surface area contributed by atoms with Crippen LogP contribution in [0.4, 0.5) is 0 Å². The average molecular weight is 239 g/mol. The van der Waals surface area contributed by atoms with Gasteiger partial charge >= 0.3 is 0 Å². The lowest BCUT2D eigenvalue weighted by Gasteiger charge is -2.22. The predicted molar refractivity (Wildman–Crippen MR) is 69.0 cm³/mol. The topological polar surface area (TPSA) is 21.3 Å². The minimum atomic E-state index is 0.641. The normalized spacial score (nSPS) is 22.4. The van der Waals surface area contributed by atoms with Gasteiger partial charge < -0.3 is 10.1 Å². The Hall–Kier alpha value is -0.380. The van der Waals surface area contributed by atoms with Crippen molar-refractivity contribution in [1.29, 1.82) is 0 Å². The van der Waals surface area contributed by atoms with Gasteiger partial charge in [-0.2, -0.15) is 0 Å². The Labute approximate surface area is 102 Å². The molecule has 1 aliphatic rings. The van der Waals surface area contributed by atoms with Gasteiger partial charge in [-0.15, -0.1) is 11.3 Å². The van der Waals surface area contributed by atoms with Crippen molar-refractivity contribution in [2.45, 2.75) is 32.2 Å². The van der Waals surface area contributed by atoms with Crippen LogP contribution in [-0.2, 0) is 11.2 Å². The Kier molecular flexibility index (Phi) is 4.82. The summed E-state index contributed by atoms with van der Waals surface area (Å²) in [6.07, 6.45) is 3.59. The van der Waals surface area contributed by atoms with Gasteiger partial charge in [-0.05, 0) is 36.6 Å². The van der Waals surface area contributed by atoms with Gasteiger partial charge in [0.05, 0.1) is 6.61 Å². The van der Waals surface area contributed by atoms with Gasteiger partial charge in [0.25, 0.3) is 0 Å². The number of hydrogen-bond donors (Lipinski definition) is 1. The molecule has 2 atom stereocenters. The molecule has 16 heavy (non-hydrogen) atoms. The number of ether oxygens (including phenoxy) is 1. The Bertz CT molecular complexity index is 280. The molecular weight excluding hydrogens is 218 g/mol. The molecule has 2 unspecified atom stereocenters. The van der Waals surface area contributed by atoms with Crippen molar-refractivity contribution < 1.29 is 4.74 Å². The molecule has 1 N–H and O–H groups in total. The lowest BCUT2D eigenvalue weighted by atomic mass is 9.97. The molecular formula is C13H21NOS. The summed E-state index contributed by atoms with van der Waals surface area (Å²) in [4.78, 5) is 1.48. The van der Waals surface area contributed by atoms with E-state index in [-0.39, 0.29) is 0 Å².